The summed E-state index contributed by atoms with van der Waals surface area (Å²) in [7, 11) is 1.31. The molecular formula is C35H40F4N6O8S2. The summed E-state index contributed by atoms with van der Waals surface area (Å²) in [6.07, 6.45) is -1.67. The number of ether oxygens (including phenoxy) is 1. The van der Waals surface area contributed by atoms with Gasteiger partial charge in [0.1, 0.15) is 0 Å². The van der Waals surface area contributed by atoms with Crippen molar-refractivity contribution in [3.05, 3.63) is 58.5 Å². The van der Waals surface area contributed by atoms with Crippen LogP contribution in [-0.2, 0) is 14.3 Å². The number of amides is 2. The number of methoxy groups -OCH3 is 1. The Hall–Kier alpha value is -4.66. The number of esters is 1. The van der Waals surface area contributed by atoms with E-state index in [0.29, 0.717) is 37.7 Å². The Morgan fingerprint density at radius 2 is 1.22 bits per heavy atom. The standard InChI is InChI=1S/C18H21F2N3O4S.C17H19F2N3O4S/c1-26-17(25)12-10-23(11-12)7-5-18(19,20)4-6-21-16(24)13-9-14(27-22-13)15-3-2-8-28-15;18-17(19,4-6-22-9-11(10-22)16(24)25)3-5-20-15(23)12-8-13(26-21-12)14-2-1-7-27-14/h2-3,8-9,12H,4-7,10-11H2,1H3,(H,21,24);1-2,7-8,11H,3-6,9-10H2,(H,20,23)(H,24,25). The van der Waals surface area contributed by atoms with E-state index in [1.165, 1.54) is 41.9 Å². The van der Waals surface area contributed by atoms with Crippen LogP contribution in [-0.4, -0.2) is 120 Å². The van der Waals surface area contributed by atoms with Gasteiger partial charge in [-0.05, 0) is 22.9 Å². The number of hydrogen-bond acceptors (Lipinski definition) is 13. The maximum absolute atomic E-state index is 14.0. The second-order valence-electron chi connectivity index (χ2n) is 13.1. The number of rotatable bonds is 18. The summed E-state index contributed by atoms with van der Waals surface area (Å²) in [5.41, 5.74) is 0.100. The number of aromatic nitrogens is 2. The van der Waals surface area contributed by atoms with E-state index in [4.69, 9.17) is 14.2 Å². The molecule has 0 aromatic carbocycles. The van der Waals surface area contributed by atoms with E-state index < -0.39 is 48.4 Å². The molecule has 3 N–H and O–H groups in total. The number of alkyl halides is 4. The number of carboxylic acids is 1. The molecule has 4 aromatic rings. The summed E-state index contributed by atoms with van der Waals surface area (Å²) in [5.74, 6) is -7.92. The van der Waals surface area contributed by atoms with Gasteiger partial charge in [-0.15, -0.1) is 22.7 Å². The van der Waals surface area contributed by atoms with E-state index in [0.717, 1.165) is 9.75 Å². The lowest BCUT2D eigenvalue weighted by Gasteiger charge is -2.38. The zero-order chi connectivity index (χ0) is 39.6. The number of thiophene rings is 2. The smallest absolute Gasteiger partial charge is 0.311 e. The van der Waals surface area contributed by atoms with Crippen molar-refractivity contribution < 1.29 is 55.6 Å². The molecular weight excluding hydrogens is 773 g/mol. The second-order valence-corrected chi connectivity index (χ2v) is 15.0. The number of carbonyl (C=O) groups is 4. The van der Waals surface area contributed by atoms with Crippen molar-refractivity contribution in [3.8, 4) is 21.3 Å². The minimum atomic E-state index is -2.94. The first-order valence-corrected chi connectivity index (χ1v) is 19.1. The van der Waals surface area contributed by atoms with Crippen LogP contribution in [0.5, 0.6) is 0 Å². The SMILES string of the molecule is COC(=O)C1CN(CCC(F)(F)CCNC(=O)c2cc(-c3cccs3)on2)C1.O=C(NCCC(F)(F)CCN1CC(C(=O)O)C1)c1cc(-c2cccs2)on1. The lowest BCUT2D eigenvalue weighted by atomic mass is 9.99. The van der Waals surface area contributed by atoms with Gasteiger partial charge >= 0.3 is 11.9 Å². The summed E-state index contributed by atoms with van der Waals surface area (Å²) in [5, 5.41) is 24.7. The van der Waals surface area contributed by atoms with Gasteiger partial charge in [-0.25, -0.2) is 17.6 Å². The first kappa shape index (κ1) is 41.5. The second kappa shape index (κ2) is 18.8. The van der Waals surface area contributed by atoms with E-state index in [1.807, 2.05) is 35.0 Å². The van der Waals surface area contributed by atoms with Crippen LogP contribution in [0.2, 0.25) is 0 Å². The first-order valence-electron chi connectivity index (χ1n) is 17.3. The predicted molar refractivity (Wildman–Crippen MR) is 192 cm³/mol. The number of aliphatic carboxylic acids is 1. The van der Waals surface area contributed by atoms with Gasteiger partial charge < -0.3 is 39.3 Å². The third-order valence-corrected chi connectivity index (χ3v) is 10.7. The third kappa shape index (κ3) is 12.2. The average molecular weight is 813 g/mol. The molecule has 2 aliphatic heterocycles. The number of likely N-dealkylation sites (tertiary alicyclic amines) is 2. The highest BCUT2D eigenvalue weighted by Crippen LogP contribution is 2.29. The molecule has 6 heterocycles. The van der Waals surface area contributed by atoms with E-state index in [-0.39, 0.29) is 62.3 Å². The van der Waals surface area contributed by atoms with Crippen molar-refractivity contribution in [2.45, 2.75) is 37.5 Å². The average Bonchev–Trinajstić information content (AvgIpc) is 3.94. The molecule has 2 saturated heterocycles. The van der Waals surface area contributed by atoms with Crippen LogP contribution in [0.3, 0.4) is 0 Å². The Kier molecular flexibility index (Phi) is 14.2. The van der Waals surface area contributed by atoms with Gasteiger partial charge in [0.25, 0.3) is 23.7 Å². The van der Waals surface area contributed by atoms with Crippen molar-refractivity contribution in [1.29, 1.82) is 0 Å². The van der Waals surface area contributed by atoms with Crippen molar-refractivity contribution in [3.63, 3.8) is 0 Å². The van der Waals surface area contributed by atoms with Crippen LogP contribution in [0.4, 0.5) is 17.6 Å². The van der Waals surface area contributed by atoms with Crippen LogP contribution in [0.25, 0.3) is 21.3 Å². The summed E-state index contributed by atoms with van der Waals surface area (Å²) in [6.45, 7) is 1.47. The fraction of sp³-hybridized carbons (Fsp3) is 0.486. The highest BCUT2D eigenvalue weighted by molar-refractivity contribution is 7.13. The molecule has 14 nitrogen and oxygen atoms in total. The van der Waals surface area contributed by atoms with Gasteiger partial charge in [-0.3, -0.25) is 19.2 Å². The predicted octanol–water partition coefficient (Wildman–Crippen LogP) is 5.22. The molecule has 0 saturated carbocycles. The Labute approximate surface area is 320 Å². The van der Waals surface area contributed by atoms with E-state index in [2.05, 4.69) is 25.7 Å². The number of carboxylic acid groups (broad SMARTS) is 1. The molecule has 2 amide bonds. The fourth-order valence-electron chi connectivity index (χ4n) is 5.60. The molecule has 6 rings (SSSR count). The maximum atomic E-state index is 14.0. The summed E-state index contributed by atoms with van der Waals surface area (Å²) in [4.78, 5) is 51.1. The molecule has 0 aliphatic carbocycles. The van der Waals surface area contributed by atoms with Gasteiger partial charge in [-0.2, -0.15) is 0 Å². The summed E-state index contributed by atoms with van der Waals surface area (Å²) < 4.78 is 70.7. The molecule has 0 spiro atoms. The number of nitrogens with one attached hydrogen (secondary N) is 2. The van der Waals surface area contributed by atoms with Crippen molar-refractivity contribution in [1.82, 2.24) is 30.7 Å². The topological polar surface area (TPSA) is 180 Å². The monoisotopic (exact) mass is 812 g/mol. The highest BCUT2D eigenvalue weighted by atomic mass is 32.1. The molecule has 4 aromatic heterocycles. The number of carbonyl (C=O) groups excluding carboxylic acids is 3. The molecule has 0 radical (unpaired) electrons. The Bertz CT molecular complexity index is 1860. The van der Waals surface area contributed by atoms with Crippen LogP contribution >= 0.6 is 22.7 Å². The van der Waals surface area contributed by atoms with Crippen LogP contribution < -0.4 is 10.6 Å². The van der Waals surface area contributed by atoms with Gasteiger partial charge in [0.2, 0.25) is 0 Å². The minimum Gasteiger partial charge on any atom is -0.481 e. The molecule has 20 heteroatoms. The quantitative estimate of drug-likeness (QED) is 0.0883. The molecule has 0 bridgehead atoms. The highest BCUT2D eigenvalue weighted by Gasteiger charge is 2.37. The van der Waals surface area contributed by atoms with E-state index in [1.54, 1.807) is 9.80 Å². The zero-order valence-electron chi connectivity index (χ0n) is 29.7. The third-order valence-electron chi connectivity index (χ3n) is 8.95. The molecule has 55 heavy (non-hydrogen) atoms. The van der Waals surface area contributed by atoms with Crippen LogP contribution in [0.1, 0.15) is 46.7 Å². The molecule has 2 fully saturated rings. The van der Waals surface area contributed by atoms with Gasteiger partial charge in [0.05, 0.1) is 28.7 Å². The summed E-state index contributed by atoms with van der Waals surface area (Å²) >= 11 is 2.88. The lowest BCUT2D eigenvalue weighted by Crippen LogP contribution is -2.51. The summed E-state index contributed by atoms with van der Waals surface area (Å²) in [6, 6.07) is 10.3. The number of halogens is 4. The first-order chi connectivity index (χ1) is 26.2. The van der Waals surface area contributed by atoms with Gasteiger partial charge in [0.15, 0.2) is 22.9 Å². The normalized spacial score (nSPS) is 15.4. The zero-order valence-corrected chi connectivity index (χ0v) is 31.3. The maximum Gasteiger partial charge on any atom is 0.311 e. The minimum absolute atomic E-state index is 0.0435. The van der Waals surface area contributed by atoms with Crippen molar-refractivity contribution in [2.75, 3.05) is 59.5 Å². The van der Waals surface area contributed by atoms with Crippen LogP contribution in [0, 0.1) is 11.8 Å². The van der Waals surface area contributed by atoms with Gasteiger partial charge in [0, 0.05) is 90.2 Å². The van der Waals surface area contributed by atoms with E-state index >= 15 is 0 Å². The molecule has 298 valence electrons. The van der Waals surface area contributed by atoms with Crippen molar-refractivity contribution >= 4 is 46.4 Å². The largest absolute Gasteiger partial charge is 0.481 e. The van der Waals surface area contributed by atoms with Gasteiger partial charge in [-0.1, -0.05) is 22.4 Å². The lowest BCUT2D eigenvalue weighted by molar-refractivity contribution is -0.152. The van der Waals surface area contributed by atoms with Crippen LogP contribution in [0.15, 0.2) is 56.2 Å². The Morgan fingerprint density at radius 3 is 1.60 bits per heavy atom. The Balaban J connectivity index is 0.000000211. The number of nitrogens with zero attached hydrogens (tertiary/aromatic N) is 4. The number of hydrogen-bond donors (Lipinski definition) is 3. The molecule has 2 aliphatic rings. The fourth-order valence-corrected chi connectivity index (χ4v) is 6.95. The molecule has 0 unspecified atom stereocenters. The van der Waals surface area contributed by atoms with Crippen molar-refractivity contribution in [2.24, 2.45) is 11.8 Å². The molecule has 0 atom stereocenters. The Morgan fingerprint density at radius 1 is 0.782 bits per heavy atom. The van der Waals surface area contributed by atoms with E-state index in [9.17, 15) is 36.7 Å².